The third-order valence-electron chi connectivity index (χ3n) is 10.4. The van der Waals surface area contributed by atoms with Crippen LogP contribution in [-0.2, 0) is 26.3 Å². The number of hydrogen-bond donors (Lipinski definition) is 2. The molecule has 2 amide bonds. The number of carbonyl (C=O) groups excluding carboxylic acids is 2. The fourth-order valence-corrected chi connectivity index (χ4v) is 9.21. The molecule has 2 aromatic carbocycles. The van der Waals surface area contributed by atoms with E-state index in [4.69, 9.17) is 16.3 Å². The Hall–Kier alpha value is -2.71. The van der Waals surface area contributed by atoms with Crippen molar-refractivity contribution < 1.29 is 18.5 Å². The third-order valence-corrected chi connectivity index (χ3v) is 12.1. The van der Waals surface area contributed by atoms with Crippen LogP contribution in [0.25, 0.3) is 0 Å². The van der Waals surface area contributed by atoms with E-state index in [-0.39, 0.29) is 29.2 Å². The van der Waals surface area contributed by atoms with E-state index in [1.807, 2.05) is 32.0 Å². The van der Waals surface area contributed by atoms with Crippen LogP contribution in [-0.4, -0.2) is 53.4 Å². The topological polar surface area (TPSA) is 87.7 Å². The Bertz CT molecular complexity index is 1530. The average Bonchev–Trinajstić information content (AvgIpc) is 3.11. The second kappa shape index (κ2) is 12.6. The fourth-order valence-electron chi connectivity index (χ4n) is 7.79. The van der Waals surface area contributed by atoms with Gasteiger partial charge in [0.05, 0.1) is 12.3 Å². The number of anilines is 1. The van der Waals surface area contributed by atoms with E-state index in [0.717, 1.165) is 80.9 Å². The first-order valence-corrected chi connectivity index (χ1v) is 18.6. The van der Waals surface area contributed by atoms with E-state index in [1.165, 1.54) is 11.1 Å². The van der Waals surface area contributed by atoms with Crippen LogP contribution in [0.15, 0.2) is 36.4 Å². The normalized spacial score (nSPS) is 30.7. The van der Waals surface area contributed by atoms with Gasteiger partial charge in [0, 0.05) is 56.5 Å². The van der Waals surface area contributed by atoms with Crippen LogP contribution in [0.3, 0.4) is 0 Å². The summed E-state index contributed by atoms with van der Waals surface area (Å²) in [6.45, 7) is 6.02. The van der Waals surface area contributed by atoms with Gasteiger partial charge in [-0.25, -0.2) is 4.21 Å². The van der Waals surface area contributed by atoms with Crippen LogP contribution in [0.4, 0.5) is 5.69 Å². The molecule has 0 radical (unpaired) electrons. The van der Waals surface area contributed by atoms with Gasteiger partial charge in [0.25, 0.3) is 5.91 Å². The van der Waals surface area contributed by atoms with Gasteiger partial charge in [-0.1, -0.05) is 44.4 Å². The van der Waals surface area contributed by atoms with Crippen LogP contribution in [0.5, 0.6) is 5.75 Å². The standard InChI is InChI=1S/C35H46ClN3O4S/c1-23(2)33(40)37-30-9-5-4-6-17-44(3,42)38-34(41)25-11-15-32-31(19-25)39(20-26-10-13-28(26)30)21-35(22-43-32)16-7-8-24-18-27(36)12-14-29(24)35/h11-12,14-15,18-19,23,26,28,30H,3-10,13,16-17,20-22H2,1-2H3,(H,37,40)(H,38,41,42)/t26-,28+,30-,35-,44?/m0/s1. The summed E-state index contributed by atoms with van der Waals surface area (Å²) >= 11 is 6.43. The summed E-state index contributed by atoms with van der Waals surface area (Å²) in [6.07, 6.45) is 8.67. The van der Waals surface area contributed by atoms with Crippen LogP contribution in [0, 0.1) is 17.8 Å². The highest BCUT2D eigenvalue weighted by atomic mass is 35.5. The first kappa shape index (κ1) is 31.3. The number of fused-ring (bicyclic) bond motifs is 4. The Morgan fingerprint density at radius 2 is 1.98 bits per heavy atom. The van der Waals surface area contributed by atoms with Gasteiger partial charge in [0.2, 0.25) is 5.91 Å². The predicted molar refractivity (Wildman–Crippen MR) is 179 cm³/mol. The molecule has 2 bridgehead atoms. The largest absolute Gasteiger partial charge is 0.490 e. The molecule has 6 rings (SSSR count). The van der Waals surface area contributed by atoms with Crippen LogP contribution in [0.1, 0.15) is 86.7 Å². The van der Waals surface area contributed by atoms with Crippen molar-refractivity contribution in [3.8, 4) is 5.75 Å². The molecule has 1 unspecified atom stereocenters. The molecule has 2 aliphatic heterocycles. The Morgan fingerprint density at radius 1 is 1.14 bits per heavy atom. The number of hydrogen-bond acceptors (Lipinski definition) is 5. The molecule has 0 aromatic heterocycles. The quantitative estimate of drug-likeness (QED) is 0.399. The van der Waals surface area contributed by atoms with Crippen molar-refractivity contribution in [1.82, 2.24) is 10.0 Å². The van der Waals surface area contributed by atoms with Gasteiger partial charge in [-0.05, 0) is 104 Å². The lowest BCUT2D eigenvalue weighted by Crippen LogP contribution is -2.52. The zero-order valence-electron chi connectivity index (χ0n) is 26.0. The number of benzene rings is 2. The minimum Gasteiger partial charge on any atom is -0.490 e. The molecule has 2 aliphatic carbocycles. The van der Waals surface area contributed by atoms with E-state index in [0.29, 0.717) is 36.2 Å². The molecule has 1 spiro atoms. The number of aryl methyl sites for hydroxylation is 1. The number of amides is 2. The molecule has 0 saturated heterocycles. The maximum Gasteiger partial charge on any atom is 0.262 e. The molecule has 44 heavy (non-hydrogen) atoms. The first-order valence-electron chi connectivity index (χ1n) is 16.3. The SMILES string of the molecule is C=S1(=O)CCCCC[C@H](NC(=O)C(C)C)[C@@H]2CC[C@H]2CN2C[C@@]3(CCCc4cc(Cl)ccc43)COc3ccc(cc32)C(=O)N1. The molecule has 5 atom stereocenters. The van der Waals surface area contributed by atoms with Gasteiger partial charge in [-0.15, -0.1) is 0 Å². The second-order valence-electron chi connectivity index (χ2n) is 13.9. The molecule has 238 valence electrons. The minimum absolute atomic E-state index is 0.0684. The van der Waals surface area contributed by atoms with Crippen molar-refractivity contribution in [3.63, 3.8) is 0 Å². The summed E-state index contributed by atoms with van der Waals surface area (Å²) in [5.74, 6) is 5.44. The predicted octanol–water partition coefficient (Wildman–Crippen LogP) is 5.92. The van der Waals surface area contributed by atoms with Crippen molar-refractivity contribution >= 4 is 44.7 Å². The lowest BCUT2D eigenvalue weighted by atomic mass is 9.67. The van der Waals surface area contributed by atoms with Crippen molar-refractivity contribution in [2.45, 2.75) is 83.1 Å². The van der Waals surface area contributed by atoms with E-state index in [2.05, 4.69) is 32.9 Å². The molecule has 1 saturated carbocycles. The molecule has 2 heterocycles. The second-order valence-corrected chi connectivity index (χ2v) is 16.5. The van der Waals surface area contributed by atoms with E-state index < -0.39 is 9.71 Å². The van der Waals surface area contributed by atoms with Crippen LogP contribution < -0.4 is 19.7 Å². The van der Waals surface area contributed by atoms with Crippen molar-refractivity contribution in [2.75, 3.05) is 30.3 Å². The number of nitrogens with one attached hydrogen (secondary N) is 2. The third kappa shape index (κ3) is 6.48. The fraction of sp³-hybridized carbons (Fsp3) is 0.571. The van der Waals surface area contributed by atoms with Crippen molar-refractivity contribution in [2.24, 2.45) is 17.8 Å². The Labute approximate surface area is 267 Å². The monoisotopic (exact) mass is 639 g/mol. The van der Waals surface area contributed by atoms with E-state index >= 15 is 0 Å². The van der Waals surface area contributed by atoms with Gasteiger partial charge >= 0.3 is 0 Å². The van der Waals surface area contributed by atoms with Crippen molar-refractivity contribution in [1.29, 1.82) is 0 Å². The molecule has 2 aromatic rings. The van der Waals surface area contributed by atoms with Crippen molar-refractivity contribution in [3.05, 3.63) is 58.1 Å². The summed E-state index contributed by atoms with van der Waals surface area (Å²) in [7, 11) is -2.79. The van der Waals surface area contributed by atoms with E-state index in [1.54, 1.807) is 6.07 Å². The smallest absolute Gasteiger partial charge is 0.262 e. The zero-order valence-corrected chi connectivity index (χ0v) is 27.6. The van der Waals surface area contributed by atoms with Gasteiger partial charge in [0.15, 0.2) is 0 Å². The average molecular weight is 640 g/mol. The lowest BCUT2D eigenvalue weighted by molar-refractivity contribution is -0.125. The molecule has 2 N–H and O–H groups in total. The number of rotatable bonds is 2. The summed E-state index contributed by atoms with van der Waals surface area (Å²) in [5, 5.41) is 4.16. The highest BCUT2D eigenvalue weighted by Crippen LogP contribution is 2.47. The van der Waals surface area contributed by atoms with Crippen LogP contribution in [0.2, 0.25) is 5.02 Å². The first-order chi connectivity index (χ1) is 21.0. The van der Waals surface area contributed by atoms with E-state index in [9.17, 15) is 13.8 Å². The maximum atomic E-state index is 13.4. The highest BCUT2D eigenvalue weighted by Gasteiger charge is 2.44. The summed E-state index contributed by atoms with van der Waals surface area (Å²) in [6, 6.07) is 11.9. The Kier molecular flexibility index (Phi) is 8.95. The summed E-state index contributed by atoms with van der Waals surface area (Å²) in [5.41, 5.74) is 3.73. The van der Waals surface area contributed by atoms with Gasteiger partial charge < -0.3 is 15.0 Å². The zero-order chi connectivity index (χ0) is 31.1. The lowest BCUT2D eigenvalue weighted by Gasteiger charge is -2.47. The molecular formula is C35H46ClN3O4S. The number of nitrogens with zero attached hydrogens (tertiary/aromatic N) is 1. The molecule has 4 aliphatic rings. The van der Waals surface area contributed by atoms with Gasteiger partial charge in [-0.2, -0.15) is 0 Å². The van der Waals surface area contributed by atoms with Gasteiger partial charge in [-0.3, -0.25) is 14.3 Å². The molecule has 7 nitrogen and oxygen atoms in total. The molecule has 9 heteroatoms. The highest BCUT2D eigenvalue weighted by molar-refractivity contribution is 7.99. The summed E-state index contributed by atoms with van der Waals surface area (Å²) < 4.78 is 22.6. The van der Waals surface area contributed by atoms with Crippen LogP contribution >= 0.6 is 11.6 Å². The molecular weight excluding hydrogens is 594 g/mol. The number of halogens is 1. The van der Waals surface area contributed by atoms with Gasteiger partial charge in [0.1, 0.15) is 5.75 Å². The Balaban J connectivity index is 1.39. The summed E-state index contributed by atoms with van der Waals surface area (Å²) in [4.78, 5) is 28.7. The number of carbonyl (C=O) groups is 2. The molecule has 1 fully saturated rings. The Morgan fingerprint density at radius 3 is 2.75 bits per heavy atom. The maximum absolute atomic E-state index is 13.4. The minimum atomic E-state index is -2.79. The number of ether oxygens (including phenoxy) is 1.